The van der Waals surface area contributed by atoms with Gasteiger partial charge in [0.1, 0.15) is 11.6 Å². The molecule has 0 saturated heterocycles. The van der Waals surface area contributed by atoms with E-state index in [1.807, 2.05) is 13.8 Å². The Labute approximate surface area is 123 Å². The molecular formula is C12H18CuO6. The van der Waals surface area contributed by atoms with Crippen molar-refractivity contribution in [2.24, 2.45) is 0 Å². The van der Waals surface area contributed by atoms with Crippen molar-refractivity contribution in [1.82, 2.24) is 0 Å². The molecule has 0 N–H and O–H groups in total. The summed E-state index contributed by atoms with van der Waals surface area (Å²) < 4.78 is 0. The van der Waals surface area contributed by atoms with Gasteiger partial charge in [0, 0.05) is 37.6 Å². The Balaban J connectivity index is -0.000000256. The Morgan fingerprint density at radius 3 is 1.16 bits per heavy atom. The minimum Gasteiger partial charge on any atom is -0.550 e. The number of carboxylic acids is 2. The number of carbonyl (C=O) groups is 4. The van der Waals surface area contributed by atoms with Crippen molar-refractivity contribution < 1.29 is 46.5 Å². The zero-order valence-electron chi connectivity index (χ0n) is 11.0. The van der Waals surface area contributed by atoms with Gasteiger partial charge in [-0.05, 0) is 12.8 Å². The van der Waals surface area contributed by atoms with Crippen molar-refractivity contribution in [3.8, 4) is 0 Å². The van der Waals surface area contributed by atoms with Crippen molar-refractivity contribution in [1.29, 1.82) is 0 Å². The Morgan fingerprint density at radius 2 is 1.00 bits per heavy atom. The maximum atomic E-state index is 10.4. The zero-order valence-corrected chi connectivity index (χ0v) is 11.9. The molecule has 7 heteroatoms. The SMILES string of the molecule is CCCC(=O)CC(=O)[O-].CCCC(=O)CC(=O)[O-].[Cu+2]. The van der Waals surface area contributed by atoms with Crippen LogP contribution in [-0.4, -0.2) is 23.5 Å². The second-order valence-electron chi connectivity index (χ2n) is 3.67. The van der Waals surface area contributed by atoms with E-state index in [4.69, 9.17) is 0 Å². The van der Waals surface area contributed by atoms with Crippen LogP contribution in [0.5, 0.6) is 0 Å². The molecule has 0 aliphatic heterocycles. The summed E-state index contributed by atoms with van der Waals surface area (Å²) >= 11 is 0. The summed E-state index contributed by atoms with van der Waals surface area (Å²) in [5.74, 6) is -3.07. The number of hydrogen-bond donors (Lipinski definition) is 0. The topological polar surface area (TPSA) is 114 Å². The molecule has 0 aromatic heterocycles. The second-order valence-corrected chi connectivity index (χ2v) is 3.67. The van der Waals surface area contributed by atoms with Gasteiger partial charge in [0.15, 0.2) is 0 Å². The third-order valence-corrected chi connectivity index (χ3v) is 1.74. The Morgan fingerprint density at radius 1 is 0.737 bits per heavy atom. The molecule has 1 radical (unpaired) electrons. The third-order valence-electron chi connectivity index (χ3n) is 1.74. The predicted octanol–water partition coefficient (Wildman–Crippen LogP) is -1.01. The molecule has 0 unspecified atom stereocenters. The van der Waals surface area contributed by atoms with Gasteiger partial charge >= 0.3 is 17.1 Å². The summed E-state index contributed by atoms with van der Waals surface area (Å²) in [5.41, 5.74) is 0. The number of carbonyl (C=O) groups excluding carboxylic acids is 4. The molecule has 0 spiro atoms. The average Bonchev–Trinajstić information content (AvgIpc) is 2.16. The minimum atomic E-state index is -1.28. The Hall–Kier alpha value is -1.20. The number of ketones is 2. The maximum absolute atomic E-state index is 10.4. The monoisotopic (exact) mass is 321 g/mol. The summed E-state index contributed by atoms with van der Waals surface area (Å²) in [6.45, 7) is 3.65. The molecule has 0 saturated carbocycles. The fourth-order valence-electron chi connectivity index (χ4n) is 1.06. The van der Waals surface area contributed by atoms with Gasteiger partial charge < -0.3 is 19.8 Å². The van der Waals surface area contributed by atoms with Crippen LogP contribution in [0.1, 0.15) is 52.4 Å². The number of carboxylic acid groups (broad SMARTS) is 2. The first-order valence-electron chi connectivity index (χ1n) is 5.76. The molecular weight excluding hydrogens is 304 g/mol. The van der Waals surface area contributed by atoms with Crippen LogP contribution in [-0.2, 0) is 36.2 Å². The van der Waals surface area contributed by atoms with Gasteiger partial charge in [0.05, 0.1) is 0 Å². The van der Waals surface area contributed by atoms with Gasteiger partial charge in [0.2, 0.25) is 0 Å². The molecule has 19 heavy (non-hydrogen) atoms. The van der Waals surface area contributed by atoms with Gasteiger partial charge in [0.25, 0.3) is 0 Å². The van der Waals surface area contributed by atoms with E-state index >= 15 is 0 Å². The van der Waals surface area contributed by atoms with Crippen molar-refractivity contribution in [2.45, 2.75) is 52.4 Å². The molecule has 0 aliphatic carbocycles. The van der Waals surface area contributed by atoms with Crippen LogP contribution in [0.15, 0.2) is 0 Å². The van der Waals surface area contributed by atoms with Crippen LogP contribution in [0.4, 0.5) is 0 Å². The molecule has 0 fully saturated rings. The second kappa shape index (κ2) is 14.9. The molecule has 0 aromatic rings. The number of aliphatic carboxylic acids is 2. The summed E-state index contributed by atoms with van der Waals surface area (Å²) in [7, 11) is 0. The van der Waals surface area contributed by atoms with Crippen molar-refractivity contribution >= 4 is 23.5 Å². The van der Waals surface area contributed by atoms with Gasteiger partial charge in [-0.1, -0.05) is 13.8 Å². The molecule has 0 aromatic carbocycles. The molecule has 0 heterocycles. The molecule has 0 rings (SSSR count). The molecule has 0 aliphatic rings. The van der Waals surface area contributed by atoms with E-state index in [-0.39, 0.29) is 28.6 Å². The summed E-state index contributed by atoms with van der Waals surface area (Å²) in [4.78, 5) is 40.4. The third kappa shape index (κ3) is 22.5. The van der Waals surface area contributed by atoms with Gasteiger partial charge in [-0.15, -0.1) is 0 Å². The first-order chi connectivity index (χ1) is 8.33. The number of Topliss-reactive ketones (excluding diaryl/α,β-unsaturated/α-hetero) is 2. The fraction of sp³-hybridized carbons (Fsp3) is 0.667. The standard InChI is InChI=1S/2C6H10O3.Cu/c2*1-2-3-5(7)4-6(8)9;/h2*2-4H2,1H3,(H,8,9);/q;;+2/p-2. The predicted molar refractivity (Wildman–Crippen MR) is 59.1 cm³/mol. The molecule has 0 bridgehead atoms. The Bertz CT molecular complexity index is 271. The van der Waals surface area contributed by atoms with E-state index in [1.165, 1.54) is 0 Å². The molecule has 0 atom stereocenters. The van der Waals surface area contributed by atoms with Gasteiger partial charge in [-0.25, -0.2) is 0 Å². The van der Waals surface area contributed by atoms with Crippen LogP contribution in [0.3, 0.4) is 0 Å². The largest absolute Gasteiger partial charge is 2.00 e. The first kappa shape index (κ1) is 22.9. The van der Waals surface area contributed by atoms with E-state index < -0.39 is 24.8 Å². The van der Waals surface area contributed by atoms with E-state index in [2.05, 4.69) is 0 Å². The van der Waals surface area contributed by atoms with Crippen LogP contribution < -0.4 is 10.2 Å². The van der Waals surface area contributed by atoms with E-state index in [1.54, 1.807) is 0 Å². The Kier molecular flexibility index (Phi) is 17.9. The van der Waals surface area contributed by atoms with Crippen LogP contribution in [0, 0.1) is 0 Å². The minimum absolute atomic E-state index is 0. The summed E-state index contributed by atoms with van der Waals surface area (Å²) in [6.07, 6.45) is 1.21. The van der Waals surface area contributed by atoms with Crippen LogP contribution in [0.2, 0.25) is 0 Å². The van der Waals surface area contributed by atoms with Crippen LogP contribution >= 0.6 is 0 Å². The van der Waals surface area contributed by atoms with Crippen molar-refractivity contribution in [3.05, 3.63) is 0 Å². The number of hydrogen-bond acceptors (Lipinski definition) is 6. The van der Waals surface area contributed by atoms with Crippen molar-refractivity contribution in [3.63, 3.8) is 0 Å². The first-order valence-corrected chi connectivity index (χ1v) is 5.76. The smallest absolute Gasteiger partial charge is 0.550 e. The van der Waals surface area contributed by atoms with Gasteiger partial charge in [-0.3, -0.25) is 9.59 Å². The maximum Gasteiger partial charge on any atom is 2.00 e. The summed E-state index contributed by atoms with van der Waals surface area (Å²) in [5, 5.41) is 19.5. The molecule has 113 valence electrons. The number of rotatable bonds is 8. The molecule has 6 nitrogen and oxygen atoms in total. The molecule has 0 amide bonds. The zero-order chi connectivity index (χ0) is 14.6. The van der Waals surface area contributed by atoms with Gasteiger partial charge in [-0.2, -0.15) is 0 Å². The van der Waals surface area contributed by atoms with E-state index in [0.29, 0.717) is 25.7 Å². The van der Waals surface area contributed by atoms with Crippen LogP contribution in [0.25, 0.3) is 0 Å². The van der Waals surface area contributed by atoms with E-state index in [9.17, 15) is 29.4 Å². The summed E-state index contributed by atoms with van der Waals surface area (Å²) in [6, 6.07) is 0. The average molecular weight is 322 g/mol. The normalized spacial score (nSPS) is 8.53. The van der Waals surface area contributed by atoms with E-state index in [0.717, 1.165) is 0 Å². The fourth-order valence-corrected chi connectivity index (χ4v) is 1.06. The van der Waals surface area contributed by atoms with Crippen molar-refractivity contribution in [2.75, 3.05) is 0 Å². The quantitative estimate of drug-likeness (QED) is 0.418.